The Labute approximate surface area is 222 Å². The van der Waals surface area contributed by atoms with E-state index in [1.165, 1.54) is 18.6 Å². The van der Waals surface area contributed by atoms with Crippen LogP contribution in [0.15, 0.2) is 102 Å². The molecular formula is C32H41FN2O2. The third-order valence-corrected chi connectivity index (χ3v) is 6.71. The smallest absolute Gasteiger partial charge is 0.222 e. The van der Waals surface area contributed by atoms with Gasteiger partial charge < -0.3 is 10.2 Å². The van der Waals surface area contributed by atoms with Gasteiger partial charge in [-0.2, -0.15) is 0 Å². The minimum absolute atomic E-state index is 0.00421. The SMILES string of the molecule is C=C/C=C\C=C(/C)CNC(C)=O.CC1(c2ccccc2)CCN(C(=O)CCC2=CCC=C(F)C=C2)CC1. The zero-order valence-corrected chi connectivity index (χ0v) is 22.5. The van der Waals surface area contributed by atoms with Gasteiger partial charge in [-0.1, -0.05) is 91.4 Å². The molecule has 198 valence electrons. The molecule has 2 amide bonds. The Kier molecular flexibility index (Phi) is 12.5. The number of carbonyl (C=O) groups is 2. The Morgan fingerprint density at radius 1 is 1.08 bits per heavy atom. The van der Waals surface area contributed by atoms with Crippen LogP contribution in [0.3, 0.4) is 0 Å². The molecule has 1 aliphatic carbocycles. The molecule has 0 radical (unpaired) electrons. The Morgan fingerprint density at radius 2 is 1.78 bits per heavy atom. The molecule has 1 saturated heterocycles. The van der Waals surface area contributed by atoms with Crippen LogP contribution >= 0.6 is 0 Å². The summed E-state index contributed by atoms with van der Waals surface area (Å²) in [4.78, 5) is 25.0. The van der Waals surface area contributed by atoms with Crippen molar-refractivity contribution in [2.75, 3.05) is 19.6 Å². The van der Waals surface area contributed by atoms with E-state index < -0.39 is 0 Å². The highest BCUT2D eigenvalue weighted by Crippen LogP contribution is 2.35. The van der Waals surface area contributed by atoms with Crippen molar-refractivity contribution in [3.63, 3.8) is 0 Å². The summed E-state index contributed by atoms with van der Waals surface area (Å²) in [7, 11) is 0. The van der Waals surface area contributed by atoms with E-state index in [1.807, 2.05) is 42.2 Å². The highest BCUT2D eigenvalue weighted by Gasteiger charge is 2.32. The fraction of sp³-hybridized carbons (Fsp3) is 0.375. The van der Waals surface area contributed by atoms with E-state index in [-0.39, 0.29) is 23.1 Å². The predicted molar refractivity (Wildman–Crippen MR) is 152 cm³/mol. The Morgan fingerprint density at radius 3 is 2.43 bits per heavy atom. The molecule has 0 unspecified atom stereocenters. The molecule has 1 N–H and O–H groups in total. The van der Waals surface area contributed by atoms with Gasteiger partial charge in [0.15, 0.2) is 0 Å². The van der Waals surface area contributed by atoms with Gasteiger partial charge in [0.05, 0.1) is 0 Å². The standard InChI is InChI=1S/C22H26FNO.C10H15NO/c1-22(19-7-3-2-4-8-19)14-16-24(17-15-22)21(25)13-11-18-6-5-9-20(23)12-10-18;1-4-5-6-7-9(2)8-11-10(3)12/h2-4,6-10,12H,5,11,13-17H2,1H3;4-7H,1,8H2,2-3H3,(H,11,12)/b;6-5-,9-7+. The molecule has 1 heterocycles. The number of carbonyl (C=O) groups excluding carboxylic acids is 2. The van der Waals surface area contributed by atoms with Crippen LogP contribution in [-0.2, 0) is 15.0 Å². The summed E-state index contributed by atoms with van der Waals surface area (Å²) in [6.07, 6.45) is 18.0. The zero-order valence-electron chi connectivity index (χ0n) is 22.5. The summed E-state index contributed by atoms with van der Waals surface area (Å²) in [5, 5.41) is 2.71. The van der Waals surface area contributed by atoms with Gasteiger partial charge in [0.2, 0.25) is 11.8 Å². The van der Waals surface area contributed by atoms with Gasteiger partial charge >= 0.3 is 0 Å². The predicted octanol–water partition coefficient (Wildman–Crippen LogP) is 6.90. The molecule has 0 bridgehead atoms. The number of likely N-dealkylation sites (tertiary alicyclic amines) is 1. The average molecular weight is 505 g/mol. The molecule has 3 rings (SSSR count). The number of amides is 2. The maximum atomic E-state index is 13.2. The number of rotatable bonds is 8. The molecule has 4 nitrogen and oxygen atoms in total. The van der Waals surface area contributed by atoms with E-state index in [9.17, 15) is 14.0 Å². The number of benzene rings is 1. The van der Waals surface area contributed by atoms with Crippen molar-refractivity contribution in [1.29, 1.82) is 0 Å². The lowest BCUT2D eigenvalue weighted by Gasteiger charge is -2.40. The molecule has 0 atom stereocenters. The molecule has 1 aromatic rings. The summed E-state index contributed by atoms with van der Waals surface area (Å²) in [6, 6.07) is 10.6. The summed E-state index contributed by atoms with van der Waals surface area (Å²) >= 11 is 0. The van der Waals surface area contributed by atoms with Crippen LogP contribution in [-0.4, -0.2) is 36.3 Å². The van der Waals surface area contributed by atoms with Crippen molar-refractivity contribution < 1.29 is 14.0 Å². The van der Waals surface area contributed by atoms with Crippen LogP contribution in [0.5, 0.6) is 0 Å². The fourth-order valence-corrected chi connectivity index (χ4v) is 4.24. The molecule has 1 fully saturated rings. The van der Waals surface area contributed by atoms with Crippen molar-refractivity contribution in [2.24, 2.45) is 0 Å². The molecule has 37 heavy (non-hydrogen) atoms. The van der Waals surface area contributed by atoms with Crippen molar-refractivity contribution >= 4 is 11.8 Å². The van der Waals surface area contributed by atoms with E-state index in [1.54, 1.807) is 18.2 Å². The summed E-state index contributed by atoms with van der Waals surface area (Å²) in [6.45, 7) is 11.6. The molecule has 0 aromatic heterocycles. The van der Waals surface area contributed by atoms with Gasteiger partial charge in [-0.05, 0) is 55.7 Å². The first-order chi connectivity index (χ1) is 17.7. The number of halogens is 1. The highest BCUT2D eigenvalue weighted by molar-refractivity contribution is 5.76. The van der Waals surface area contributed by atoms with Crippen molar-refractivity contribution in [3.05, 3.63) is 108 Å². The highest BCUT2D eigenvalue weighted by atomic mass is 19.1. The number of nitrogens with zero attached hydrogens (tertiary/aromatic N) is 1. The molecule has 0 spiro atoms. The molecule has 0 saturated carbocycles. The first kappa shape index (κ1) is 29.8. The fourth-order valence-electron chi connectivity index (χ4n) is 4.24. The Balaban J connectivity index is 0.000000341. The lowest BCUT2D eigenvalue weighted by Crippen LogP contribution is -2.43. The maximum Gasteiger partial charge on any atom is 0.222 e. The van der Waals surface area contributed by atoms with Crippen LogP contribution in [0.25, 0.3) is 0 Å². The number of hydrogen-bond donors (Lipinski definition) is 1. The second-order valence-corrected chi connectivity index (χ2v) is 9.79. The van der Waals surface area contributed by atoms with E-state index >= 15 is 0 Å². The van der Waals surface area contributed by atoms with Crippen LogP contribution in [0.2, 0.25) is 0 Å². The minimum atomic E-state index is -0.200. The second kappa shape index (κ2) is 15.6. The lowest BCUT2D eigenvalue weighted by molar-refractivity contribution is -0.132. The number of nitrogens with one attached hydrogen (secondary N) is 1. The van der Waals surface area contributed by atoms with Crippen molar-refractivity contribution in [3.8, 4) is 0 Å². The van der Waals surface area contributed by atoms with Gasteiger partial charge in [0, 0.05) is 33.0 Å². The first-order valence-electron chi connectivity index (χ1n) is 13.0. The van der Waals surface area contributed by atoms with Crippen LogP contribution in [0, 0.1) is 0 Å². The molecular weight excluding hydrogens is 463 g/mol. The number of hydrogen-bond acceptors (Lipinski definition) is 2. The van der Waals surface area contributed by atoms with Crippen LogP contribution in [0.1, 0.15) is 58.4 Å². The Hall–Kier alpha value is -3.47. The third-order valence-electron chi connectivity index (χ3n) is 6.71. The molecule has 1 aliphatic heterocycles. The van der Waals surface area contributed by atoms with E-state index in [0.29, 0.717) is 25.8 Å². The van der Waals surface area contributed by atoms with Gasteiger partial charge in [-0.25, -0.2) is 4.39 Å². The normalized spacial score (nSPS) is 17.2. The van der Waals surface area contributed by atoms with E-state index in [0.717, 1.165) is 37.1 Å². The van der Waals surface area contributed by atoms with Crippen molar-refractivity contribution in [1.82, 2.24) is 10.2 Å². The average Bonchev–Trinajstić information content (AvgIpc) is 3.11. The monoisotopic (exact) mass is 504 g/mol. The summed E-state index contributed by atoms with van der Waals surface area (Å²) in [5.41, 5.74) is 3.69. The second-order valence-electron chi connectivity index (χ2n) is 9.79. The topological polar surface area (TPSA) is 49.4 Å². The first-order valence-corrected chi connectivity index (χ1v) is 13.0. The van der Waals surface area contributed by atoms with Gasteiger partial charge in [-0.3, -0.25) is 9.59 Å². The summed E-state index contributed by atoms with van der Waals surface area (Å²) in [5.74, 6) is 0.00587. The third kappa shape index (κ3) is 11.0. The minimum Gasteiger partial charge on any atom is -0.353 e. The van der Waals surface area contributed by atoms with Gasteiger partial charge in [0.25, 0.3) is 0 Å². The Bertz CT molecular complexity index is 1060. The largest absolute Gasteiger partial charge is 0.353 e. The zero-order chi connectivity index (χ0) is 27.1. The van der Waals surface area contributed by atoms with Gasteiger partial charge in [0.1, 0.15) is 5.83 Å². The molecule has 5 heteroatoms. The van der Waals surface area contributed by atoms with Gasteiger partial charge in [-0.15, -0.1) is 0 Å². The number of allylic oxidation sites excluding steroid dienone is 10. The quantitative estimate of drug-likeness (QED) is 0.392. The molecule has 1 aromatic carbocycles. The molecule has 2 aliphatic rings. The lowest BCUT2D eigenvalue weighted by atomic mass is 9.74. The number of piperidine rings is 1. The summed E-state index contributed by atoms with van der Waals surface area (Å²) < 4.78 is 13.2. The van der Waals surface area contributed by atoms with Crippen LogP contribution < -0.4 is 5.32 Å². The van der Waals surface area contributed by atoms with Crippen LogP contribution in [0.4, 0.5) is 4.39 Å². The van der Waals surface area contributed by atoms with E-state index in [2.05, 4.69) is 43.1 Å². The van der Waals surface area contributed by atoms with Crippen molar-refractivity contribution in [2.45, 2.75) is 58.3 Å². The maximum absolute atomic E-state index is 13.2. The van der Waals surface area contributed by atoms with E-state index in [4.69, 9.17) is 0 Å².